The zero-order chi connectivity index (χ0) is 15.8. The minimum atomic E-state index is -0.260. The summed E-state index contributed by atoms with van der Waals surface area (Å²) in [4.78, 5) is 11.6. The predicted molar refractivity (Wildman–Crippen MR) is 88.8 cm³/mol. The minimum absolute atomic E-state index is 0.238. The highest BCUT2D eigenvalue weighted by atomic mass is 35.5. The Bertz CT molecular complexity index is 637. The van der Waals surface area contributed by atoms with E-state index in [1.165, 1.54) is 0 Å². The number of urea groups is 1. The molecule has 0 saturated carbocycles. The molecule has 0 aliphatic heterocycles. The smallest absolute Gasteiger partial charge is 0.318 e. The molecule has 0 aliphatic rings. The van der Waals surface area contributed by atoms with Crippen LogP contribution in [0.5, 0.6) is 5.75 Å². The first-order valence-electron chi connectivity index (χ1n) is 6.88. The van der Waals surface area contributed by atoms with E-state index < -0.39 is 0 Å². The van der Waals surface area contributed by atoms with Crippen molar-refractivity contribution in [1.82, 2.24) is 10.6 Å². The van der Waals surface area contributed by atoms with Gasteiger partial charge in [-0.1, -0.05) is 35.9 Å². The van der Waals surface area contributed by atoms with Crippen LogP contribution in [-0.2, 0) is 6.42 Å². The molecule has 0 heterocycles. The summed E-state index contributed by atoms with van der Waals surface area (Å²) in [6.07, 6.45) is 4.07. The number of hydrogen-bond donors (Lipinski definition) is 3. The third-order valence-corrected chi connectivity index (χ3v) is 3.25. The normalized spacial score (nSPS) is 10.6. The zero-order valence-electron chi connectivity index (χ0n) is 11.9. The lowest BCUT2D eigenvalue weighted by Gasteiger charge is -2.05. The van der Waals surface area contributed by atoms with Crippen LogP contribution in [0.2, 0.25) is 5.02 Å². The highest BCUT2D eigenvalue weighted by Crippen LogP contribution is 2.10. The summed E-state index contributed by atoms with van der Waals surface area (Å²) in [6.45, 7) is 0.519. The van der Waals surface area contributed by atoms with E-state index >= 15 is 0 Å². The third-order valence-electron chi connectivity index (χ3n) is 3.00. The Morgan fingerprint density at radius 1 is 1.09 bits per heavy atom. The molecule has 0 fully saturated rings. The van der Waals surface area contributed by atoms with E-state index in [0.29, 0.717) is 18.0 Å². The maximum atomic E-state index is 11.6. The molecule has 0 aromatic heterocycles. The molecule has 22 heavy (non-hydrogen) atoms. The summed E-state index contributed by atoms with van der Waals surface area (Å²) in [5.41, 5.74) is 2.00. The van der Waals surface area contributed by atoms with Crippen LogP contribution >= 0.6 is 11.6 Å². The van der Waals surface area contributed by atoms with Gasteiger partial charge in [-0.25, -0.2) is 4.79 Å². The van der Waals surface area contributed by atoms with E-state index in [-0.39, 0.29) is 11.8 Å². The second kappa shape index (κ2) is 8.10. The van der Waals surface area contributed by atoms with E-state index in [1.54, 1.807) is 36.5 Å². The lowest BCUT2D eigenvalue weighted by atomic mass is 10.1. The third kappa shape index (κ3) is 5.50. The van der Waals surface area contributed by atoms with Gasteiger partial charge in [0.1, 0.15) is 5.75 Å². The molecule has 2 aromatic carbocycles. The van der Waals surface area contributed by atoms with E-state index in [4.69, 9.17) is 11.6 Å². The molecule has 114 valence electrons. The molecule has 5 heteroatoms. The van der Waals surface area contributed by atoms with Crippen molar-refractivity contribution >= 4 is 23.7 Å². The Morgan fingerprint density at radius 3 is 2.45 bits per heavy atom. The van der Waals surface area contributed by atoms with Crippen molar-refractivity contribution < 1.29 is 9.90 Å². The van der Waals surface area contributed by atoms with E-state index in [2.05, 4.69) is 10.6 Å². The molecule has 3 N–H and O–H groups in total. The molecule has 0 radical (unpaired) electrons. The Morgan fingerprint density at radius 2 is 1.77 bits per heavy atom. The van der Waals surface area contributed by atoms with Crippen LogP contribution in [0.1, 0.15) is 11.1 Å². The fraction of sp³-hybridized carbons (Fsp3) is 0.118. The van der Waals surface area contributed by atoms with Gasteiger partial charge in [-0.3, -0.25) is 0 Å². The van der Waals surface area contributed by atoms with Crippen LogP contribution < -0.4 is 10.6 Å². The SMILES string of the molecule is O=C(N/C=C/c1ccc(Cl)cc1)NCCc1ccc(O)cc1. The molecule has 0 bridgehead atoms. The molecule has 4 nitrogen and oxygen atoms in total. The summed E-state index contributed by atoms with van der Waals surface area (Å²) >= 11 is 5.79. The van der Waals surface area contributed by atoms with Gasteiger partial charge in [0.25, 0.3) is 0 Å². The second-order valence-electron chi connectivity index (χ2n) is 4.70. The monoisotopic (exact) mass is 316 g/mol. The number of phenols is 1. The summed E-state index contributed by atoms with van der Waals surface area (Å²) in [6, 6.07) is 14.0. The van der Waals surface area contributed by atoms with Crippen LogP contribution in [0.3, 0.4) is 0 Å². The Kier molecular flexibility index (Phi) is 5.86. The second-order valence-corrected chi connectivity index (χ2v) is 5.14. The number of halogens is 1. The highest BCUT2D eigenvalue weighted by Gasteiger charge is 1.98. The standard InChI is InChI=1S/C17H17ClN2O2/c18-15-5-1-13(2-6-15)9-11-19-17(22)20-12-10-14-3-7-16(21)8-4-14/h1-9,11,21H,10,12H2,(H2,19,20,22)/b11-9+. The van der Waals surface area contributed by atoms with Gasteiger partial charge >= 0.3 is 6.03 Å². The van der Waals surface area contributed by atoms with Crippen molar-refractivity contribution in [3.05, 3.63) is 70.9 Å². The van der Waals surface area contributed by atoms with Gasteiger partial charge < -0.3 is 15.7 Å². The zero-order valence-corrected chi connectivity index (χ0v) is 12.7. The average Bonchev–Trinajstić information content (AvgIpc) is 2.51. The maximum Gasteiger partial charge on any atom is 0.318 e. The van der Waals surface area contributed by atoms with Crippen molar-refractivity contribution in [1.29, 1.82) is 0 Å². The van der Waals surface area contributed by atoms with Crippen molar-refractivity contribution in [2.45, 2.75) is 6.42 Å². The van der Waals surface area contributed by atoms with Gasteiger partial charge in [-0.05, 0) is 47.9 Å². The summed E-state index contributed by atoms with van der Waals surface area (Å²) < 4.78 is 0. The fourth-order valence-electron chi connectivity index (χ4n) is 1.82. The number of aromatic hydroxyl groups is 1. The average molecular weight is 317 g/mol. The van der Waals surface area contributed by atoms with Gasteiger partial charge in [-0.2, -0.15) is 0 Å². The van der Waals surface area contributed by atoms with Crippen molar-refractivity contribution in [3.8, 4) is 5.75 Å². The Balaban J connectivity index is 1.69. The quantitative estimate of drug-likeness (QED) is 0.790. The number of phenolic OH excluding ortho intramolecular Hbond substituents is 1. The molecule has 2 aromatic rings. The molecule has 2 rings (SSSR count). The number of carbonyl (C=O) groups excluding carboxylic acids is 1. The van der Waals surface area contributed by atoms with E-state index in [1.807, 2.05) is 24.3 Å². The van der Waals surface area contributed by atoms with Gasteiger partial charge in [0.2, 0.25) is 0 Å². The van der Waals surface area contributed by atoms with Crippen LogP contribution in [0.15, 0.2) is 54.7 Å². The first-order valence-corrected chi connectivity index (χ1v) is 7.26. The first-order chi connectivity index (χ1) is 10.6. The van der Waals surface area contributed by atoms with Crippen LogP contribution in [0.25, 0.3) is 6.08 Å². The van der Waals surface area contributed by atoms with Gasteiger partial charge in [0.05, 0.1) is 0 Å². The first kappa shape index (κ1) is 15.9. The van der Waals surface area contributed by atoms with Crippen molar-refractivity contribution in [3.63, 3.8) is 0 Å². The van der Waals surface area contributed by atoms with Crippen molar-refractivity contribution in [2.24, 2.45) is 0 Å². The van der Waals surface area contributed by atoms with Gasteiger partial charge in [0, 0.05) is 17.8 Å². The molecular formula is C17H17ClN2O2. The van der Waals surface area contributed by atoms with Crippen molar-refractivity contribution in [2.75, 3.05) is 6.54 Å². The van der Waals surface area contributed by atoms with Crippen LogP contribution in [0.4, 0.5) is 4.79 Å². The largest absolute Gasteiger partial charge is 0.508 e. The molecule has 0 unspecified atom stereocenters. The molecule has 0 aliphatic carbocycles. The lowest BCUT2D eigenvalue weighted by Crippen LogP contribution is -2.33. The minimum Gasteiger partial charge on any atom is -0.508 e. The molecular weight excluding hydrogens is 300 g/mol. The number of rotatable bonds is 5. The van der Waals surface area contributed by atoms with Gasteiger partial charge in [0.15, 0.2) is 0 Å². The summed E-state index contributed by atoms with van der Waals surface area (Å²) in [5.74, 6) is 0.238. The van der Waals surface area contributed by atoms with E-state index in [9.17, 15) is 9.90 Å². The number of amides is 2. The predicted octanol–water partition coefficient (Wildman–Crippen LogP) is 3.56. The number of hydrogen-bond acceptors (Lipinski definition) is 2. The Hall–Kier alpha value is -2.46. The highest BCUT2D eigenvalue weighted by molar-refractivity contribution is 6.30. The molecule has 2 amide bonds. The number of benzene rings is 2. The lowest BCUT2D eigenvalue weighted by molar-refractivity contribution is 0.244. The summed E-state index contributed by atoms with van der Waals surface area (Å²) in [7, 11) is 0. The maximum absolute atomic E-state index is 11.6. The number of carbonyl (C=O) groups is 1. The molecule has 0 atom stereocenters. The van der Waals surface area contributed by atoms with Crippen LogP contribution in [0, 0.1) is 0 Å². The topological polar surface area (TPSA) is 61.4 Å². The molecule has 0 spiro atoms. The molecule has 0 saturated heterocycles. The fourth-order valence-corrected chi connectivity index (χ4v) is 1.95. The van der Waals surface area contributed by atoms with E-state index in [0.717, 1.165) is 11.1 Å². The van der Waals surface area contributed by atoms with Crippen LogP contribution in [-0.4, -0.2) is 17.7 Å². The Labute approximate surface area is 134 Å². The summed E-state index contributed by atoms with van der Waals surface area (Å²) in [5, 5.41) is 15.3. The van der Waals surface area contributed by atoms with Gasteiger partial charge in [-0.15, -0.1) is 0 Å². The number of nitrogens with one attached hydrogen (secondary N) is 2.